The van der Waals surface area contributed by atoms with Gasteiger partial charge in [-0.2, -0.15) is 0 Å². The summed E-state index contributed by atoms with van der Waals surface area (Å²) >= 11 is 0. The normalized spacial score (nSPS) is 18.6. The maximum atomic E-state index is 15.5. The fourth-order valence-corrected chi connectivity index (χ4v) is 4.79. The smallest absolute Gasteiger partial charge is 0.163 e. The molecule has 180 valence electrons. The minimum Gasteiger partial charge on any atom is -0.506 e. The molecule has 0 aromatic heterocycles. The number of aromatic hydroxyl groups is 1. The first-order valence-corrected chi connectivity index (χ1v) is 11.5. The summed E-state index contributed by atoms with van der Waals surface area (Å²) < 4.78 is 35.0. The van der Waals surface area contributed by atoms with Crippen molar-refractivity contribution in [2.75, 3.05) is 10.6 Å². The number of fused-ring (bicyclic) bond motifs is 1. The van der Waals surface area contributed by atoms with Gasteiger partial charge in [-0.25, -0.2) is 8.78 Å². The van der Waals surface area contributed by atoms with Crippen LogP contribution < -0.4 is 15.4 Å². The zero-order valence-electron chi connectivity index (χ0n) is 19.5. The van der Waals surface area contributed by atoms with E-state index in [9.17, 15) is 14.3 Å². The monoisotopic (exact) mass is 476 g/mol. The van der Waals surface area contributed by atoms with E-state index in [1.54, 1.807) is 48.5 Å². The molecule has 2 aliphatic rings. The number of ether oxygens (including phenoxy) is 1. The third-order valence-corrected chi connectivity index (χ3v) is 6.46. The van der Waals surface area contributed by atoms with Crippen LogP contribution in [0.1, 0.15) is 43.9 Å². The van der Waals surface area contributed by atoms with Gasteiger partial charge in [0, 0.05) is 34.9 Å². The van der Waals surface area contributed by atoms with Gasteiger partial charge in [-0.1, -0.05) is 38.1 Å². The molecule has 1 atom stereocenters. The number of ketones is 1. The molecule has 5 nitrogen and oxygen atoms in total. The summed E-state index contributed by atoms with van der Waals surface area (Å²) in [6.07, 6.45) is 0.908. The predicted molar refractivity (Wildman–Crippen MR) is 130 cm³/mol. The molecule has 1 unspecified atom stereocenters. The van der Waals surface area contributed by atoms with Crippen LogP contribution in [0.15, 0.2) is 71.9 Å². The number of benzene rings is 3. The SMILES string of the molecule is CC1(C)CC(=O)C2=C(C1)Nc1c(O)cccc1NC2c1ccc(OCc2ccccc2F)cc1F. The van der Waals surface area contributed by atoms with E-state index in [-0.39, 0.29) is 40.7 Å². The number of phenols is 1. The molecule has 0 amide bonds. The molecular formula is C28H26F2N2O3. The van der Waals surface area contributed by atoms with Crippen LogP contribution in [0.4, 0.5) is 20.2 Å². The number of para-hydroxylation sites is 1. The van der Waals surface area contributed by atoms with E-state index in [1.165, 1.54) is 12.1 Å². The Morgan fingerprint density at radius 2 is 1.83 bits per heavy atom. The number of phenolic OH excluding ortho intramolecular Hbond substituents is 1. The fraction of sp³-hybridized carbons (Fsp3) is 0.250. The van der Waals surface area contributed by atoms with E-state index in [2.05, 4.69) is 10.6 Å². The first-order chi connectivity index (χ1) is 16.7. The predicted octanol–water partition coefficient (Wildman–Crippen LogP) is 6.47. The third-order valence-electron chi connectivity index (χ3n) is 6.46. The molecule has 1 aliphatic carbocycles. The van der Waals surface area contributed by atoms with E-state index in [4.69, 9.17) is 4.74 Å². The molecule has 0 saturated heterocycles. The summed E-state index contributed by atoms with van der Waals surface area (Å²) in [5.74, 6) is -0.727. The van der Waals surface area contributed by atoms with E-state index in [0.717, 1.165) is 0 Å². The molecule has 0 fully saturated rings. The van der Waals surface area contributed by atoms with Gasteiger partial charge in [0.25, 0.3) is 0 Å². The Morgan fingerprint density at radius 1 is 1.03 bits per heavy atom. The van der Waals surface area contributed by atoms with Crippen LogP contribution in [0.5, 0.6) is 11.5 Å². The van der Waals surface area contributed by atoms with Crippen molar-refractivity contribution in [1.82, 2.24) is 0 Å². The Hall–Kier alpha value is -3.87. The molecule has 1 aliphatic heterocycles. The second-order valence-electron chi connectivity index (χ2n) is 9.80. The summed E-state index contributed by atoms with van der Waals surface area (Å²) in [4.78, 5) is 13.3. The Morgan fingerprint density at radius 3 is 2.60 bits per heavy atom. The zero-order valence-corrected chi connectivity index (χ0v) is 19.5. The number of rotatable bonds is 4. The number of nitrogens with one attached hydrogen (secondary N) is 2. The van der Waals surface area contributed by atoms with Crippen LogP contribution in [0, 0.1) is 17.0 Å². The Kier molecular flexibility index (Phi) is 5.71. The maximum absolute atomic E-state index is 15.5. The zero-order chi connectivity index (χ0) is 24.7. The highest BCUT2D eigenvalue weighted by Crippen LogP contribution is 2.47. The van der Waals surface area contributed by atoms with Crippen molar-refractivity contribution >= 4 is 17.2 Å². The minimum atomic E-state index is -0.759. The van der Waals surface area contributed by atoms with Crippen molar-refractivity contribution in [1.29, 1.82) is 0 Å². The average Bonchev–Trinajstić information content (AvgIpc) is 2.95. The first kappa shape index (κ1) is 22.9. The van der Waals surface area contributed by atoms with Crippen molar-refractivity contribution < 1.29 is 23.4 Å². The number of carbonyl (C=O) groups excluding carboxylic acids is 1. The summed E-state index contributed by atoms with van der Waals surface area (Å²) in [6, 6.07) is 15.0. The van der Waals surface area contributed by atoms with Gasteiger partial charge in [0.15, 0.2) is 5.78 Å². The Bertz CT molecular complexity index is 1350. The number of halogens is 2. The molecule has 3 N–H and O–H groups in total. The fourth-order valence-electron chi connectivity index (χ4n) is 4.79. The number of allylic oxidation sites excluding steroid dienone is 1. The van der Waals surface area contributed by atoms with Gasteiger partial charge >= 0.3 is 0 Å². The van der Waals surface area contributed by atoms with Gasteiger partial charge in [-0.3, -0.25) is 4.79 Å². The van der Waals surface area contributed by atoms with E-state index < -0.39 is 11.9 Å². The second-order valence-corrected chi connectivity index (χ2v) is 9.80. The van der Waals surface area contributed by atoms with E-state index in [0.29, 0.717) is 41.1 Å². The third kappa shape index (κ3) is 4.46. The highest BCUT2D eigenvalue weighted by Gasteiger charge is 2.39. The highest BCUT2D eigenvalue weighted by molar-refractivity contribution is 6.01. The van der Waals surface area contributed by atoms with Crippen molar-refractivity contribution in [3.8, 4) is 11.5 Å². The Labute approximate surface area is 202 Å². The molecule has 35 heavy (non-hydrogen) atoms. The summed E-state index contributed by atoms with van der Waals surface area (Å²) in [6.45, 7) is 3.99. The van der Waals surface area contributed by atoms with E-state index in [1.807, 2.05) is 13.8 Å². The highest BCUT2D eigenvalue weighted by atomic mass is 19.1. The molecule has 0 spiro atoms. The van der Waals surface area contributed by atoms with Crippen LogP contribution in [0.2, 0.25) is 0 Å². The summed E-state index contributed by atoms with van der Waals surface area (Å²) in [5, 5.41) is 17.0. The number of Topliss-reactive ketones (excluding diaryl/α,β-unsaturated/α-hetero) is 1. The largest absolute Gasteiger partial charge is 0.506 e. The molecular weight excluding hydrogens is 450 g/mol. The lowest BCUT2D eigenvalue weighted by atomic mass is 9.73. The molecule has 5 rings (SSSR count). The van der Waals surface area contributed by atoms with Crippen LogP contribution in [-0.4, -0.2) is 10.9 Å². The van der Waals surface area contributed by atoms with Gasteiger partial charge in [-0.05, 0) is 42.2 Å². The molecule has 0 bridgehead atoms. The van der Waals surface area contributed by atoms with Crippen molar-refractivity contribution in [2.45, 2.75) is 39.3 Å². The quantitative estimate of drug-likeness (QED) is 0.377. The van der Waals surface area contributed by atoms with Gasteiger partial charge < -0.3 is 20.5 Å². The molecule has 1 heterocycles. The lowest BCUT2D eigenvalue weighted by Crippen LogP contribution is -2.31. The van der Waals surface area contributed by atoms with E-state index >= 15 is 4.39 Å². The number of hydrogen-bond donors (Lipinski definition) is 3. The topological polar surface area (TPSA) is 70.6 Å². The van der Waals surface area contributed by atoms with Crippen LogP contribution in [-0.2, 0) is 11.4 Å². The van der Waals surface area contributed by atoms with Gasteiger partial charge in [-0.15, -0.1) is 0 Å². The van der Waals surface area contributed by atoms with Crippen molar-refractivity contribution in [3.63, 3.8) is 0 Å². The standard InChI is InChI=1S/C28H26F2N2O3/c1-28(2)13-22-25(24(34)14-28)26(31-21-8-5-9-23(33)27(21)32-22)18-11-10-17(12-20(18)30)35-15-16-6-3-4-7-19(16)29/h3-12,26,31-33H,13-15H2,1-2H3. The molecule has 7 heteroatoms. The number of anilines is 2. The average molecular weight is 477 g/mol. The Balaban J connectivity index is 1.51. The summed E-state index contributed by atoms with van der Waals surface area (Å²) in [7, 11) is 0. The molecule has 0 radical (unpaired) electrons. The lowest BCUT2D eigenvalue weighted by molar-refractivity contribution is -0.118. The number of hydrogen-bond acceptors (Lipinski definition) is 5. The molecule has 3 aromatic carbocycles. The van der Waals surface area contributed by atoms with Gasteiger partial charge in [0.2, 0.25) is 0 Å². The second kappa shape index (κ2) is 8.73. The summed E-state index contributed by atoms with van der Waals surface area (Å²) in [5.41, 5.74) is 2.53. The lowest BCUT2D eigenvalue weighted by Gasteiger charge is -2.34. The first-order valence-electron chi connectivity index (χ1n) is 11.5. The van der Waals surface area contributed by atoms with Crippen LogP contribution in [0.25, 0.3) is 0 Å². The van der Waals surface area contributed by atoms with Crippen LogP contribution in [0.3, 0.4) is 0 Å². The van der Waals surface area contributed by atoms with Crippen LogP contribution >= 0.6 is 0 Å². The molecule has 0 saturated carbocycles. The van der Waals surface area contributed by atoms with Crippen molar-refractivity contribution in [3.05, 3.63) is 94.7 Å². The number of carbonyl (C=O) groups is 1. The molecule has 3 aromatic rings. The van der Waals surface area contributed by atoms with Crippen molar-refractivity contribution in [2.24, 2.45) is 5.41 Å². The minimum absolute atomic E-state index is 0.0351. The van der Waals surface area contributed by atoms with Gasteiger partial charge in [0.05, 0.1) is 11.7 Å². The van der Waals surface area contributed by atoms with Gasteiger partial charge in [0.1, 0.15) is 35.4 Å². The maximum Gasteiger partial charge on any atom is 0.163 e.